The predicted octanol–water partition coefficient (Wildman–Crippen LogP) is 3.41. The van der Waals surface area contributed by atoms with Crippen molar-refractivity contribution in [3.05, 3.63) is 28.2 Å². The summed E-state index contributed by atoms with van der Waals surface area (Å²) >= 11 is 11.7. The van der Waals surface area contributed by atoms with E-state index < -0.39 is 10.0 Å². The zero-order valence-electron chi connectivity index (χ0n) is 9.94. The Morgan fingerprint density at radius 3 is 2.47 bits per heavy atom. The summed E-state index contributed by atoms with van der Waals surface area (Å²) in [5.41, 5.74) is 0. The van der Waals surface area contributed by atoms with E-state index in [1.807, 2.05) is 13.8 Å². The van der Waals surface area contributed by atoms with Crippen molar-refractivity contribution < 1.29 is 8.42 Å². The second-order valence-corrected chi connectivity index (χ2v) is 6.66. The van der Waals surface area contributed by atoms with Gasteiger partial charge in [-0.2, -0.15) is 4.31 Å². The molecular weight excluding hydrogens is 281 g/mol. The number of benzene rings is 1. The molecule has 0 N–H and O–H groups in total. The van der Waals surface area contributed by atoms with E-state index in [0.717, 1.165) is 6.42 Å². The van der Waals surface area contributed by atoms with E-state index in [1.54, 1.807) is 13.1 Å². The molecule has 1 rings (SSSR count). The maximum Gasteiger partial charge on any atom is 0.244 e. The zero-order chi connectivity index (χ0) is 13.2. The van der Waals surface area contributed by atoms with Crippen LogP contribution < -0.4 is 0 Å². The molecule has 0 aliphatic heterocycles. The van der Waals surface area contributed by atoms with Crippen LogP contribution in [-0.4, -0.2) is 25.8 Å². The Labute approximate surface area is 112 Å². The summed E-state index contributed by atoms with van der Waals surface area (Å²) in [5, 5.41) is 0.537. The molecule has 3 nitrogen and oxygen atoms in total. The van der Waals surface area contributed by atoms with E-state index in [0.29, 0.717) is 5.02 Å². The van der Waals surface area contributed by atoms with Crippen LogP contribution in [-0.2, 0) is 10.0 Å². The SMILES string of the molecule is CCC(C)N(C)S(=O)(=O)c1cc(Cl)ccc1Cl. The predicted molar refractivity (Wildman–Crippen MR) is 71.2 cm³/mol. The van der Waals surface area contributed by atoms with Crippen molar-refractivity contribution in [3.63, 3.8) is 0 Å². The van der Waals surface area contributed by atoms with Gasteiger partial charge in [0.1, 0.15) is 4.90 Å². The van der Waals surface area contributed by atoms with Crippen molar-refractivity contribution in [2.75, 3.05) is 7.05 Å². The molecule has 0 bridgehead atoms. The van der Waals surface area contributed by atoms with E-state index >= 15 is 0 Å². The van der Waals surface area contributed by atoms with Crippen LogP contribution >= 0.6 is 23.2 Å². The highest BCUT2D eigenvalue weighted by Gasteiger charge is 2.26. The first-order valence-electron chi connectivity index (χ1n) is 5.23. The van der Waals surface area contributed by atoms with Crippen molar-refractivity contribution in [2.45, 2.75) is 31.2 Å². The molecule has 0 aromatic heterocycles. The Kier molecular flexibility index (Phi) is 4.84. The minimum atomic E-state index is -3.59. The molecule has 0 fully saturated rings. The quantitative estimate of drug-likeness (QED) is 0.854. The van der Waals surface area contributed by atoms with Gasteiger partial charge < -0.3 is 0 Å². The number of halogens is 2. The van der Waals surface area contributed by atoms with E-state index in [9.17, 15) is 8.42 Å². The monoisotopic (exact) mass is 295 g/mol. The fourth-order valence-electron chi connectivity index (χ4n) is 1.32. The normalized spacial score (nSPS) is 14.0. The highest BCUT2D eigenvalue weighted by Crippen LogP contribution is 2.28. The van der Waals surface area contributed by atoms with Crippen LogP contribution in [0.2, 0.25) is 10.0 Å². The van der Waals surface area contributed by atoms with Gasteiger partial charge in [-0.05, 0) is 31.5 Å². The first-order valence-corrected chi connectivity index (χ1v) is 7.43. The van der Waals surface area contributed by atoms with Crippen molar-refractivity contribution in [1.82, 2.24) is 4.31 Å². The molecule has 0 aliphatic carbocycles. The van der Waals surface area contributed by atoms with Crippen molar-refractivity contribution in [1.29, 1.82) is 0 Å². The smallest absolute Gasteiger partial charge is 0.207 e. The van der Waals surface area contributed by atoms with Crippen molar-refractivity contribution in [3.8, 4) is 0 Å². The molecule has 17 heavy (non-hydrogen) atoms. The minimum Gasteiger partial charge on any atom is -0.207 e. The molecule has 0 saturated heterocycles. The van der Waals surface area contributed by atoms with Gasteiger partial charge in [-0.15, -0.1) is 0 Å². The first kappa shape index (κ1) is 14.8. The topological polar surface area (TPSA) is 37.4 Å². The summed E-state index contributed by atoms with van der Waals surface area (Å²) < 4.78 is 25.9. The zero-order valence-corrected chi connectivity index (χ0v) is 12.3. The molecule has 1 atom stereocenters. The third kappa shape index (κ3) is 3.13. The maximum absolute atomic E-state index is 12.3. The average Bonchev–Trinajstić information content (AvgIpc) is 2.30. The van der Waals surface area contributed by atoms with Crippen LogP contribution in [0.4, 0.5) is 0 Å². The number of sulfonamides is 1. The van der Waals surface area contributed by atoms with Crippen molar-refractivity contribution >= 4 is 33.2 Å². The molecule has 0 spiro atoms. The average molecular weight is 296 g/mol. The van der Waals surface area contributed by atoms with Gasteiger partial charge in [0.25, 0.3) is 0 Å². The molecule has 96 valence electrons. The van der Waals surface area contributed by atoms with Crippen LogP contribution in [0.1, 0.15) is 20.3 Å². The number of nitrogens with zero attached hydrogens (tertiary/aromatic N) is 1. The van der Waals surface area contributed by atoms with Gasteiger partial charge in [0.2, 0.25) is 10.0 Å². The maximum atomic E-state index is 12.3. The van der Waals surface area contributed by atoms with Gasteiger partial charge in [0, 0.05) is 18.1 Å². The fraction of sp³-hybridized carbons (Fsp3) is 0.455. The highest BCUT2D eigenvalue weighted by molar-refractivity contribution is 7.89. The van der Waals surface area contributed by atoms with E-state index in [2.05, 4.69) is 0 Å². The highest BCUT2D eigenvalue weighted by atomic mass is 35.5. The van der Waals surface area contributed by atoms with E-state index in [4.69, 9.17) is 23.2 Å². The molecule has 1 aromatic carbocycles. The first-order chi connectivity index (χ1) is 7.80. The van der Waals surface area contributed by atoms with Gasteiger partial charge in [0.15, 0.2) is 0 Å². The second kappa shape index (κ2) is 5.57. The molecule has 0 heterocycles. The van der Waals surface area contributed by atoms with Crippen LogP contribution in [0.3, 0.4) is 0 Å². The Hall–Kier alpha value is -0.290. The summed E-state index contributed by atoms with van der Waals surface area (Å²) in [4.78, 5) is 0.0504. The van der Waals surface area contributed by atoms with Gasteiger partial charge >= 0.3 is 0 Å². The summed E-state index contributed by atoms with van der Waals surface area (Å²) in [6.45, 7) is 3.77. The standard InChI is InChI=1S/C11H15Cl2NO2S/c1-4-8(2)14(3)17(15,16)11-7-9(12)5-6-10(11)13/h5-8H,4H2,1-3H3. The summed E-state index contributed by atoms with van der Waals surface area (Å²) in [6, 6.07) is 4.33. The Bertz CT molecular complexity index is 502. The molecular formula is C11H15Cl2NO2S. The second-order valence-electron chi connectivity index (χ2n) is 3.85. The third-order valence-electron chi connectivity index (χ3n) is 2.76. The molecule has 1 unspecified atom stereocenters. The Morgan fingerprint density at radius 1 is 1.35 bits per heavy atom. The lowest BCUT2D eigenvalue weighted by Crippen LogP contribution is -2.34. The van der Waals surface area contributed by atoms with Gasteiger partial charge in [-0.1, -0.05) is 30.1 Å². The van der Waals surface area contributed by atoms with Crippen molar-refractivity contribution in [2.24, 2.45) is 0 Å². The summed E-state index contributed by atoms with van der Waals surface area (Å²) in [7, 11) is -2.04. The molecule has 0 amide bonds. The third-order valence-corrected chi connectivity index (χ3v) is 5.45. The Balaban J connectivity index is 3.26. The molecule has 1 aromatic rings. The summed E-state index contributed by atoms with van der Waals surface area (Å²) in [5.74, 6) is 0. The minimum absolute atomic E-state index is 0.0504. The van der Waals surface area contributed by atoms with Crippen LogP contribution in [0.5, 0.6) is 0 Å². The molecule has 0 saturated carbocycles. The number of hydrogen-bond acceptors (Lipinski definition) is 2. The van der Waals surface area contributed by atoms with Crippen LogP contribution in [0, 0.1) is 0 Å². The fourth-order valence-corrected chi connectivity index (χ4v) is 3.49. The summed E-state index contributed by atoms with van der Waals surface area (Å²) in [6.07, 6.45) is 0.730. The lowest BCUT2D eigenvalue weighted by molar-refractivity contribution is 0.380. The lowest BCUT2D eigenvalue weighted by Gasteiger charge is -2.23. The number of hydrogen-bond donors (Lipinski definition) is 0. The number of rotatable bonds is 4. The lowest BCUT2D eigenvalue weighted by atomic mass is 10.3. The van der Waals surface area contributed by atoms with Gasteiger partial charge in [-0.25, -0.2) is 8.42 Å². The van der Waals surface area contributed by atoms with Crippen LogP contribution in [0.15, 0.2) is 23.1 Å². The van der Waals surface area contributed by atoms with E-state index in [-0.39, 0.29) is 16.0 Å². The molecule has 6 heteroatoms. The molecule has 0 radical (unpaired) electrons. The van der Waals surface area contributed by atoms with Gasteiger partial charge in [0.05, 0.1) is 5.02 Å². The largest absolute Gasteiger partial charge is 0.244 e. The Morgan fingerprint density at radius 2 is 1.94 bits per heavy atom. The molecule has 0 aliphatic rings. The van der Waals surface area contributed by atoms with Crippen LogP contribution in [0.25, 0.3) is 0 Å². The van der Waals surface area contributed by atoms with Gasteiger partial charge in [-0.3, -0.25) is 0 Å². The van der Waals surface area contributed by atoms with E-state index in [1.165, 1.54) is 16.4 Å².